The fourth-order valence-corrected chi connectivity index (χ4v) is 3.75. The first-order valence-electron chi connectivity index (χ1n) is 9.76. The zero-order chi connectivity index (χ0) is 24.1. The molecule has 170 valence electrons. The van der Waals surface area contributed by atoms with E-state index in [-0.39, 0.29) is 11.3 Å². The van der Waals surface area contributed by atoms with Crippen LogP contribution in [0.15, 0.2) is 77.9 Å². The smallest absolute Gasteiger partial charge is 0.270 e. The Hall–Kier alpha value is -4.51. The number of nitrogens with zero attached hydrogens (tertiary/aromatic N) is 3. The van der Waals surface area contributed by atoms with Gasteiger partial charge in [-0.15, -0.1) is 0 Å². The summed E-state index contributed by atoms with van der Waals surface area (Å²) in [5.41, 5.74) is 4.36. The van der Waals surface area contributed by atoms with E-state index in [9.17, 15) is 23.7 Å². The van der Waals surface area contributed by atoms with Crippen molar-refractivity contribution in [3.05, 3.63) is 106 Å². The molecule has 1 aromatic heterocycles. The van der Waals surface area contributed by atoms with Crippen molar-refractivity contribution in [3.63, 3.8) is 0 Å². The molecule has 0 aliphatic carbocycles. The zero-order valence-electron chi connectivity index (χ0n) is 17.2. The summed E-state index contributed by atoms with van der Waals surface area (Å²) in [5, 5.41) is 18.4. The van der Waals surface area contributed by atoms with Gasteiger partial charge >= 0.3 is 0 Å². The molecule has 34 heavy (non-hydrogen) atoms. The van der Waals surface area contributed by atoms with Gasteiger partial charge in [0.2, 0.25) is 5.13 Å². The monoisotopic (exact) mass is 479 g/mol. The van der Waals surface area contributed by atoms with Crippen LogP contribution in [0.1, 0.15) is 15.9 Å². The third kappa shape index (κ3) is 5.45. The van der Waals surface area contributed by atoms with Crippen LogP contribution >= 0.6 is 11.3 Å². The van der Waals surface area contributed by atoms with E-state index < -0.39 is 22.5 Å². The lowest BCUT2D eigenvalue weighted by Crippen LogP contribution is -2.11. The van der Waals surface area contributed by atoms with Crippen LogP contribution in [0, 0.1) is 21.7 Å². The summed E-state index contributed by atoms with van der Waals surface area (Å²) < 4.78 is 26.6. The molecule has 8 nitrogen and oxygen atoms in total. The lowest BCUT2D eigenvalue weighted by atomic mass is 10.1. The molecular formula is C23H15F2N5O3S. The Morgan fingerprint density at radius 3 is 2.38 bits per heavy atom. The highest BCUT2D eigenvalue weighted by molar-refractivity contribution is 7.20. The van der Waals surface area contributed by atoms with Gasteiger partial charge in [0, 0.05) is 28.8 Å². The van der Waals surface area contributed by atoms with Gasteiger partial charge in [0.05, 0.1) is 11.1 Å². The van der Waals surface area contributed by atoms with E-state index >= 15 is 0 Å². The molecule has 1 amide bonds. The fourth-order valence-electron chi connectivity index (χ4n) is 2.91. The van der Waals surface area contributed by atoms with Crippen LogP contribution in [0.2, 0.25) is 0 Å². The maximum Gasteiger partial charge on any atom is 0.270 e. The van der Waals surface area contributed by atoms with E-state index in [1.807, 2.05) is 0 Å². The Morgan fingerprint density at radius 1 is 1.03 bits per heavy atom. The number of anilines is 2. The fraction of sp³-hybridized carbons (Fsp3) is 0. The van der Waals surface area contributed by atoms with Crippen molar-refractivity contribution < 1.29 is 18.5 Å². The molecular weight excluding hydrogens is 464 g/mol. The average molecular weight is 479 g/mol. The summed E-state index contributed by atoms with van der Waals surface area (Å²) in [5.74, 6) is -1.36. The number of hydrogen-bond acceptors (Lipinski definition) is 7. The van der Waals surface area contributed by atoms with E-state index in [0.29, 0.717) is 27.0 Å². The van der Waals surface area contributed by atoms with Crippen molar-refractivity contribution in [2.45, 2.75) is 0 Å². The quantitative estimate of drug-likeness (QED) is 0.201. The number of nitro benzene ring substituents is 1. The maximum absolute atomic E-state index is 13.4. The number of halogens is 2. The highest BCUT2D eigenvalue weighted by atomic mass is 32.1. The predicted octanol–water partition coefficient (Wildman–Crippen LogP) is 5.69. The van der Waals surface area contributed by atoms with Gasteiger partial charge in [-0.2, -0.15) is 5.10 Å². The van der Waals surface area contributed by atoms with E-state index in [2.05, 4.69) is 20.8 Å². The maximum atomic E-state index is 13.4. The number of benzene rings is 3. The molecule has 0 aliphatic heterocycles. The molecule has 0 aliphatic rings. The van der Waals surface area contributed by atoms with Crippen LogP contribution in [0.4, 0.5) is 24.6 Å². The van der Waals surface area contributed by atoms with Crippen molar-refractivity contribution in [2.24, 2.45) is 5.10 Å². The number of rotatable bonds is 7. The van der Waals surface area contributed by atoms with Gasteiger partial charge in [0.1, 0.15) is 22.3 Å². The Labute approximate surface area is 195 Å². The van der Waals surface area contributed by atoms with Gasteiger partial charge in [-0.05, 0) is 48.5 Å². The molecule has 4 aromatic rings. The second-order valence-electron chi connectivity index (χ2n) is 6.89. The number of thiazole rings is 1. The standard InChI is InChI=1S/C23H15F2N5O3S/c24-17-8-4-15(5-9-17)20-22(28-21(31)16-6-10-18(25)11-7-16)34-23(27-20)29-26-13-14-2-1-3-19(12-14)30(32)33/h1-13H,(H,27,29)(H,28,31)/b26-13+. The van der Waals surface area contributed by atoms with Crippen molar-refractivity contribution in [1.82, 2.24) is 4.98 Å². The SMILES string of the molecule is O=C(Nc1sc(N/N=C/c2cccc([N+](=O)[O-])c2)nc1-c1ccc(F)cc1)c1ccc(F)cc1. The van der Waals surface area contributed by atoms with Crippen LogP contribution in [0.3, 0.4) is 0 Å². The Kier molecular flexibility index (Phi) is 6.64. The van der Waals surface area contributed by atoms with Crippen molar-refractivity contribution in [1.29, 1.82) is 0 Å². The molecule has 1 heterocycles. The van der Waals surface area contributed by atoms with Gasteiger partial charge < -0.3 is 5.32 Å². The molecule has 0 atom stereocenters. The molecule has 3 aromatic carbocycles. The van der Waals surface area contributed by atoms with Crippen molar-refractivity contribution in [3.8, 4) is 11.3 Å². The van der Waals surface area contributed by atoms with E-state index in [1.165, 1.54) is 66.9 Å². The summed E-state index contributed by atoms with van der Waals surface area (Å²) in [7, 11) is 0. The number of hydrogen-bond donors (Lipinski definition) is 2. The van der Waals surface area contributed by atoms with Crippen LogP contribution in [0.25, 0.3) is 11.3 Å². The third-order valence-corrected chi connectivity index (χ3v) is 5.41. The highest BCUT2D eigenvalue weighted by Gasteiger charge is 2.17. The second kappa shape index (κ2) is 9.96. The number of carbonyl (C=O) groups excluding carboxylic acids is 1. The minimum Gasteiger partial charge on any atom is -0.312 e. The second-order valence-corrected chi connectivity index (χ2v) is 7.89. The summed E-state index contributed by atoms with van der Waals surface area (Å²) in [4.78, 5) is 27.5. The Balaban J connectivity index is 1.59. The van der Waals surface area contributed by atoms with Crippen molar-refractivity contribution in [2.75, 3.05) is 10.7 Å². The van der Waals surface area contributed by atoms with E-state index in [1.54, 1.807) is 12.1 Å². The molecule has 0 saturated carbocycles. The molecule has 2 N–H and O–H groups in total. The predicted molar refractivity (Wildman–Crippen MR) is 126 cm³/mol. The highest BCUT2D eigenvalue weighted by Crippen LogP contribution is 2.36. The number of carbonyl (C=O) groups is 1. The number of non-ortho nitro benzene ring substituents is 1. The number of nitrogens with one attached hydrogen (secondary N) is 2. The minimum absolute atomic E-state index is 0.0670. The van der Waals surface area contributed by atoms with Gasteiger partial charge in [0.25, 0.3) is 11.6 Å². The van der Waals surface area contributed by atoms with E-state index in [4.69, 9.17) is 0 Å². The number of amides is 1. The molecule has 0 saturated heterocycles. The molecule has 11 heteroatoms. The van der Waals surface area contributed by atoms with Gasteiger partial charge in [-0.25, -0.2) is 13.8 Å². The first kappa shape index (κ1) is 22.7. The van der Waals surface area contributed by atoms with Gasteiger partial charge in [-0.1, -0.05) is 23.5 Å². The van der Waals surface area contributed by atoms with Gasteiger partial charge in [-0.3, -0.25) is 20.3 Å². The first-order valence-corrected chi connectivity index (χ1v) is 10.6. The molecule has 0 bridgehead atoms. The zero-order valence-corrected chi connectivity index (χ0v) is 18.1. The van der Waals surface area contributed by atoms with Crippen LogP contribution in [-0.2, 0) is 0 Å². The summed E-state index contributed by atoms with van der Waals surface area (Å²) >= 11 is 1.08. The van der Waals surface area contributed by atoms with Crippen LogP contribution in [-0.4, -0.2) is 22.0 Å². The summed E-state index contributed by atoms with van der Waals surface area (Å²) in [6.07, 6.45) is 1.39. The summed E-state index contributed by atoms with van der Waals surface area (Å²) in [6.45, 7) is 0. The number of hydrazone groups is 1. The topological polar surface area (TPSA) is 110 Å². The Bertz CT molecular complexity index is 1370. The Morgan fingerprint density at radius 2 is 1.71 bits per heavy atom. The average Bonchev–Trinajstić information content (AvgIpc) is 3.22. The third-order valence-electron chi connectivity index (χ3n) is 4.53. The van der Waals surface area contributed by atoms with Crippen molar-refractivity contribution >= 4 is 39.3 Å². The molecule has 0 radical (unpaired) electrons. The molecule has 0 spiro atoms. The molecule has 4 rings (SSSR count). The minimum atomic E-state index is -0.503. The number of nitro groups is 1. The molecule has 0 unspecified atom stereocenters. The van der Waals surface area contributed by atoms with Gasteiger partial charge in [0.15, 0.2) is 0 Å². The van der Waals surface area contributed by atoms with E-state index in [0.717, 1.165) is 11.3 Å². The lowest BCUT2D eigenvalue weighted by molar-refractivity contribution is -0.384. The normalized spacial score (nSPS) is 10.9. The first-order chi connectivity index (χ1) is 16.4. The van der Waals surface area contributed by atoms with Crippen LogP contribution < -0.4 is 10.7 Å². The van der Waals surface area contributed by atoms with Crippen LogP contribution in [0.5, 0.6) is 0 Å². The lowest BCUT2D eigenvalue weighted by Gasteiger charge is -2.05. The molecule has 0 fully saturated rings. The number of aromatic nitrogens is 1. The summed E-state index contributed by atoms with van der Waals surface area (Å²) in [6, 6.07) is 16.6. The largest absolute Gasteiger partial charge is 0.312 e.